The predicted octanol–water partition coefficient (Wildman–Crippen LogP) is 3.40. The second-order valence-corrected chi connectivity index (χ2v) is 8.78. The number of amides is 2. The number of hydrogen-bond acceptors (Lipinski definition) is 4. The van der Waals surface area contributed by atoms with Crippen LogP contribution in [-0.2, 0) is 9.53 Å². The second kappa shape index (κ2) is 10.1. The summed E-state index contributed by atoms with van der Waals surface area (Å²) >= 11 is 0. The summed E-state index contributed by atoms with van der Waals surface area (Å²) in [5, 5.41) is 3.18. The van der Waals surface area contributed by atoms with Crippen molar-refractivity contribution in [2.45, 2.75) is 76.8 Å². The van der Waals surface area contributed by atoms with E-state index in [1.165, 1.54) is 0 Å². The van der Waals surface area contributed by atoms with Gasteiger partial charge in [-0.05, 0) is 45.2 Å². The van der Waals surface area contributed by atoms with Crippen LogP contribution in [0.15, 0.2) is 0 Å². The summed E-state index contributed by atoms with van der Waals surface area (Å²) in [6.07, 6.45) is 7.45. The van der Waals surface area contributed by atoms with Crippen molar-refractivity contribution in [3.05, 3.63) is 0 Å². The van der Waals surface area contributed by atoms with Crippen LogP contribution in [0.1, 0.15) is 65.7 Å². The number of nitrogens with one attached hydrogen (secondary N) is 1. The zero-order valence-electron chi connectivity index (χ0n) is 17.6. The maximum Gasteiger partial charge on any atom is 0.407 e. The SMILES string of the molecule is CC.CCC(=O)N1CCN(C23CCC(NC(=O)OCPC)(CC2)CC3)CC1. The maximum atomic E-state index is 12.0. The van der Waals surface area contributed by atoms with Crippen molar-refractivity contribution in [1.82, 2.24) is 15.1 Å². The lowest BCUT2D eigenvalue weighted by Crippen LogP contribution is -2.66. The number of carbonyl (C=O) groups is 2. The third kappa shape index (κ3) is 5.14. The maximum absolute atomic E-state index is 12.0. The Hall–Kier alpha value is -0.870. The van der Waals surface area contributed by atoms with Crippen LogP contribution in [0, 0.1) is 0 Å². The Morgan fingerprint density at radius 2 is 1.56 bits per heavy atom. The van der Waals surface area contributed by atoms with Gasteiger partial charge in [0.25, 0.3) is 0 Å². The van der Waals surface area contributed by atoms with Crippen LogP contribution in [-0.4, -0.2) is 72.1 Å². The topological polar surface area (TPSA) is 61.9 Å². The van der Waals surface area contributed by atoms with E-state index in [0.29, 0.717) is 26.9 Å². The highest BCUT2D eigenvalue weighted by atomic mass is 31.1. The number of nitrogens with zero attached hydrogens (tertiary/aromatic N) is 2. The molecule has 1 saturated heterocycles. The normalized spacial score (nSPS) is 30.7. The predicted molar refractivity (Wildman–Crippen MR) is 112 cm³/mol. The smallest absolute Gasteiger partial charge is 0.407 e. The molecule has 1 atom stereocenters. The van der Waals surface area contributed by atoms with Gasteiger partial charge < -0.3 is 15.0 Å². The van der Waals surface area contributed by atoms with Crippen molar-refractivity contribution >= 4 is 20.6 Å². The summed E-state index contributed by atoms with van der Waals surface area (Å²) in [5.74, 6) is 0.277. The van der Waals surface area contributed by atoms with Gasteiger partial charge in [0.2, 0.25) is 5.91 Å². The monoisotopic (exact) mass is 399 g/mol. The minimum Gasteiger partial charge on any atom is -0.445 e. The molecule has 0 aromatic heterocycles. The highest BCUT2D eigenvalue weighted by Gasteiger charge is 2.52. The van der Waals surface area contributed by atoms with E-state index in [1.54, 1.807) is 0 Å². The van der Waals surface area contributed by atoms with Gasteiger partial charge in [-0.25, -0.2) is 4.79 Å². The molecular formula is C20H38N3O3P. The molecule has 4 fully saturated rings. The summed E-state index contributed by atoms with van der Waals surface area (Å²) in [7, 11) is 0.639. The number of rotatable bonds is 5. The summed E-state index contributed by atoms with van der Waals surface area (Å²) < 4.78 is 5.24. The average molecular weight is 400 g/mol. The van der Waals surface area contributed by atoms with Gasteiger partial charge in [-0.15, -0.1) is 0 Å². The first-order chi connectivity index (χ1) is 13.0. The molecule has 0 spiro atoms. The number of ether oxygens (including phenoxy) is 1. The quantitative estimate of drug-likeness (QED) is 0.720. The van der Waals surface area contributed by atoms with E-state index in [4.69, 9.17) is 4.74 Å². The molecule has 7 heteroatoms. The third-order valence-corrected chi connectivity index (χ3v) is 6.96. The first kappa shape index (κ1) is 22.4. The first-order valence-corrected chi connectivity index (χ1v) is 12.4. The standard InChI is InChI=1S/C18H32N3O3P.C2H6/c1-3-15(22)20-10-12-21(13-11-20)18-7-4-17(5-8-18,6-9-18)19-16(23)24-14-25-2;1-2/h25H,3-14H2,1-2H3,(H,19,23);1-2H3. The molecule has 1 unspecified atom stereocenters. The lowest BCUT2D eigenvalue weighted by molar-refractivity contribution is -0.135. The van der Waals surface area contributed by atoms with Gasteiger partial charge in [-0.3, -0.25) is 9.69 Å². The third-order valence-electron chi connectivity index (χ3n) is 6.53. The van der Waals surface area contributed by atoms with Gasteiger partial charge in [0, 0.05) is 43.7 Å². The van der Waals surface area contributed by atoms with Gasteiger partial charge in [0.05, 0.1) is 0 Å². The lowest BCUT2D eigenvalue weighted by atomic mass is 9.60. The van der Waals surface area contributed by atoms with Crippen LogP contribution >= 0.6 is 8.58 Å². The van der Waals surface area contributed by atoms with Crippen molar-refractivity contribution in [2.75, 3.05) is 39.2 Å². The van der Waals surface area contributed by atoms with Gasteiger partial charge in [-0.1, -0.05) is 29.4 Å². The van der Waals surface area contributed by atoms with Crippen molar-refractivity contribution < 1.29 is 14.3 Å². The van der Waals surface area contributed by atoms with E-state index in [9.17, 15) is 9.59 Å². The fraction of sp³-hybridized carbons (Fsp3) is 0.900. The molecule has 27 heavy (non-hydrogen) atoms. The zero-order valence-corrected chi connectivity index (χ0v) is 18.6. The summed E-state index contributed by atoms with van der Waals surface area (Å²) in [5.41, 5.74) is 0.245. The average Bonchev–Trinajstić information content (AvgIpc) is 2.74. The number of alkyl carbamates (subject to hydrolysis) is 1. The van der Waals surface area contributed by atoms with Gasteiger partial charge in [0.1, 0.15) is 6.35 Å². The van der Waals surface area contributed by atoms with E-state index < -0.39 is 0 Å². The molecule has 0 aromatic rings. The molecular weight excluding hydrogens is 361 g/mol. The largest absolute Gasteiger partial charge is 0.445 e. The number of fused-ring (bicyclic) bond motifs is 3. The highest BCUT2D eigenvalue weighted by Crippen LogP contribution is 2.50. The van der Waals surface area contributed by atoms with E-state index in [0.717, 1.165) is 64.7 Å². The Balaban J connectivity index is 0.00000126. The van der Waals surface area contributed by atoms with Crippen molar-refractivity contribution in [1.29, 1.82) is 0 Å². The molecule has 2 bridgehead atoms. The van der Waals surface area contributed by atoms with Crippen LogP contribution < -0.4 is 5.32 Å². The Kier molecular flexibility index (Phi) is 8.36. The molecule has 4 rings (SSSR count). The second-order valence-electron chi connectivity index (χ2n) is 7.78. The molecule has 2 amide bonds. The summed E-state index contributed by atoms with van der Waals surface area (Å²) in [4.78, 5) is 28.5. The molecule has 1 heterocycles. The molecule has 3 aliphatic carbocycles. The van der Waals surface area contributed by atoms with Crippen LogP contribution in [0.3, 0.4) is 0 Å². The number of piperazine rings is 1. The van der Waals surface area contributed by atoms with E-state index >= 15 is 0 Å². The van der Waals surface area contributed by atoms with Crippen molar-refractivity contribution in [3.63, 3.8) is 0 Å². The first-order valence-electron chi connectivity index (χ1n) is 10.6. The van der Waals surface area contributed by atoms with Gasteiger partial charge in [-0.2, -0.15) is 0 Å². The zero-order chi connectivity index (χ0) is 19.9. The Bertz CT molecular complexity index is 482. The minimum atomic E-state index is -0.240. The summed E-state index contributed by atoms with van der Waals surface area (Å²) in [6, 6.07) is 0. The van der Waals surface area contributed by atoms with Crippen LogP contribution in [0.4, 0.5) is 4.79 Å². The van der Waals surface area contributed by atoms with Crippen molar-refractivity contribution in [3.8, 4) is 0 Å². The number of carbonyl (C=O) groups excluding carboxylic acids is 2. The molecule has 156 valence electrons. The van der Waals surface area contributed by atoms with E-state index in [-0.39, 0.29) is 17.5 Å². The van der Waals surface area contributed by atoms with E-state index in [2.05, 4.69) is 10.2 Å². The fourth-order valence-corrected chi connectivity index (χ4v) is 5.15. The molecule has 0 aromatic carbocycles. The molecule has 1 aliphatic heterocycles. The molecule has 1 N–H and O–H groups in total. The molecule has 3 saturated carbocycles. The van der Waals surface area contributed by atoms with Crippen LogP contribution in [0.2, 0.25) is 0 Å². The summed E-state index contributed by atoms with van der Waals surface area (Å²) in [6.45, 7) is 11.7. The van der Waals surface area contributed by atoms with Crippen LogP contribution in [0.5, 0.6) is 0 Å². The Labute approximate surface area is 166 Å². The lowest BCUT2D eigenvalue weighted by Gasteiger charge is -2.58. The van der Waals surface area contributed by atoms with Gasteiger partial charge in [0.15, 0.2) is 0 Å². The Morgan fingerprint density at radius 1 is 1.00 bits per heavy atom. The van der Waals surface area contributed by atoms with Gasteiger partial charge >= 0.3 is 6.09 Å². The number of hydrogen-bond donors (Lipinski definition) is 1. The Morgan fingerprint density at radius 3 is 2.04 bits per heavy atom. The van der Waals surface area contributed by atoms with Crippen LogP contribution in [0.25, 0.3) is 0 Å². The molecule has 0 radical (unpaired) electrons. The van der Waals surface area contributed by atoms with E-state index in [1.807, 2.05) is 32.3 Å². The fourth-order valence-electron chi connectivity index (χ4n) is 4.87. The van der Waals surface area contributed by atoms with Crippen molar-refractivity contribution in [2.24, 2.45) is 0 Å². The molecule has 4 aliphatic rings. The molecule has 6 nitrogen and oxygen atoms in total. The minimum absolute atomic E-state index is 0.0459. The highest BCUT2D eigenvalue weighted by molar-refractivity contribution is 7.36.